The number of amides is 1. The molecule has 1 aliphatic rings. The molecule has 1 unspecified atom stereocenters. The van der Waals surface area contributed by atoms with Crippen LogP contribution in [0.15, 0.2) is 59.1 Å². The van der Waals surface area contributed by atoms with Gasteiger partial charge in [0.2, 0.25) is 0 Å². The summed E-state index contributed by atoms with van der Waals surface area (Å²) in [7, 11) is -0.963. The lowest BCUT2D eigenvalue weighted by Crippen LogP contribution is -2.17. The van der Waals surface area contributed by atoms with E-state index in [1.54, 1.807) is 10.7 Å². The van der Waals surface area contributed by atoms with Crippen molar-refractivity contribution in [3.8, 4) is 5.69 Å². The highest BCUT2D eigenvalue weighted by Crippen LogP contribution is 2.32. The summed E-state index contributed by atoms with van der Waals surface area (Å²) >= 11 is 3.40. The maximum absolute atomic E-state index is 12.7. The first kappa shape index (κ1) is 16.2. The summed E-state index contributed by atoms with van der Waals surface area (Å²) in [5.41, 5.74) is 3.02. The number of rotatable bonds is 3. The Balaban J connectivity index is 1.77. The summed E-state index contributed by atoms with van der Waals surface area (Å²) in [4.78, 5) is 12.7. The van der Waals surface area contributed by atoms with E-state index in [0.717, 1.165) is 21.4 Å². The molecule has 126 valence electrons. The summed E-state index contributed by atoms with van der Waals surface area (Å²) < 4.78 is 14.4. The van der Waals surface area contributed by atoms with E-state index in [-0.39, 0.29) is 5.91 Å². The van der Waals surface area contributed by atoms with Crippen LogP contribution in [0.4, 0.5) is 5.82 Å². The molecule has 0 aliphatic carbocycles. The van der Waals surface area contributed by atoms with Gasteiger partial charge in [0.25, 0.3) is 5.91 Å². The van der Waals surface area contributed by atoms with Crippen molar-refractivity contribution >= 4 is 38.5 Å². The van der Waals surface area contributed by atoms with Crippen molar-refractivity contribution in [2.75, 3.05) is 5.32 Å². The van der Waals surface area contributed by atoms with Gasteiger partial charge in [-0.3, -0.25) is 9.00 Å². The Morgan fingerprint density at radius 3 is 2.56 bits per heavy atom. The van der Waals surface area contributed by atoms with Crippen molar-refractivity contribution < 1.29 is 9.00 Å². The zero-order valence-corrected chi connectivity index (χ0v) is 15.5. The van der Waals surface area contributed by atoms with Crippen LogP contribution < -0.4 is 5.32 Å². The van der Waals surface area contributed by atoms with Crippen molar-refractivity contribution in [2.24, 2.45) is 0 Å². The molecule has 5 nitrogen and oxygen atoms in total. The Labute approximate surface area is 155 Å². The van der Waals surface area contributed by atoms with E-state index in [1.807, 2.05) is 48.5 Å². The summed E-state index contributed by atoms with van der Waals surface area (Å²) in [5, 5.41) is 7.54. The van der Waals surface area contributed by atoms with Crippen LogP contribution in [-0.4, -0.2) is 19.9 Å². The first-order valence-corrected chi connectivity index (χ1v) is 9.98. The standard InChI is InChI=1S/C18H14BrN3O2S/c19-15-9-5-4-8-13(15)18(23)20-17-14-10-25(24)11-16(14)21-22(17)12-6-2-1-3-7-12/h1-9H,10-11H2,(H,20,23). The lowest BCUT2D eigenvalue weighted by atomic mass is 10.2. The van der Waals surface area contributed by atoms with E-state index >= 15 is 0 Å². The number of fused-ring (bicyclic) bond motifs is 1. The summed E-state index contributed by atoms with van der Waals surface area (Å²) in [6, 6.07) is 16.8. The first-order chi connectivity index (χ1) is 12.1. The van der Waals surface area contributed by atoms with Gasteiger partial charge in [-0.25, -0.2) is 4.68 Å². The van der Waals surface area contributed by atoms with Crippen LogP contribution in [0.3, 0.4) is 0 Å². The van der Waals surface area contributed by atoms with Crippen LogP contribution in [0.2, 0.25) is 0 Å². The molecule has 0 saturated heterocycles. The van der Waals surface area contributed by atoms with E-state index in [2.05, 4.69) is 26.3 Å². The highest BCUT2D eigenvalue weighted by molar-refractivity contribution is 9.10. The number of anilines is 1. The van der Waals surface area contributed by atoms with Gasteiger partial charge in [-0.15, -0.1) is 0 Å². The minimum Gasteiger partial charge on any atom is -0.306 e. The minimum atomic E-state index is -0.963. The van der Waals surface area contributed by atoms with Gasteiger partial charge in [-0.1, -0.05) is 30.3 Å². The van der Waals surface area contributed by atoms with Gasteiger partial charge in [0, 0.05) is 20.8 Å². The molecule has 7 heteroatoms. The number of halogens is 1. The normalized spacial score (nSPS) is 15.8. The first-order valence-electron chi connectivity index (χ1n) is 7.70. The lowest BCUT2D eigenvalue weighted by Gasteiger charge is -2.11. The average molecular weight is 416 g/mol. The number of hydrogen-bond acceptors (Lipinski definition) is 3. The predicted molar refractivity (Wildman–Crippen MR) is 101 cm³/mol. The summed E-state index contributed by atoms with van der Waals surface area (Å²) in [5.74, 6) is 1.19. The zero-order valence-electron chi connectivity index (χ0n) is 13.1. The fourth-order valence-electron chi connectivity index (χ4n) is 2.83. The van der Waals surface area contributed by atoms with Crippen molar-refractivity contribution in [2.45, 2.75) is 11.5 Å². The van der Waals surface area contributed by atoms with Gasteiger partial charge in [-0.05, 0) is 40.2 Å². The number of aromatic nitrogens is 2. The zero-order chi connectivity index (χ0) is 17.4. The number of benzene rings is 2. The van der Waals surface area contributed by atoms with E-state index < -0.39 is 10.8 Å². The summed E-state index contributed by atoms with van der Waals surface area (Å²) in [6.45, 7) is 0. The fourth-order valence-corrected chi connectivity index (χ4v) is 4.56. The predicted octanol–water partition coefficient (Wildman–Crippen LogP) is 3.65. The molecule has 3 aromatic rings. The monoisotopic (exact) mass is 415 g/mol. The van der Waals surface area contributed by atoms with E-state index in [1.165, 1.54) is 0 Å². The van der Waals surface area contributed by atoms with E-state index in [0.29, 0.717) is 22.9 Å². The molecule has 4 rings (SSSR count). The average Bonchev–Trinajstić information content (AvgIpc) is 3.13. The lowest BCUT2D eigenvalue weighted by molar-refractivity contribution is 0.102. The maximum atomic E-state index is 12.7. The van der Waals surface area contributed by atoms with Crippen LogP contribution in [0, 0.1) is 0 Å². The molecule has 1 aliphatic heterocycles. The minimum absolute atomic E-state index is 0.231. The quantitative estimate of drug-likeness (QED) is 0.709. The van der Waals surface area contributed by atoms with Gasteiger partial charge in [0.1, 0.15) is 5.82 Å². The van der Waals surface area contributed by atoms with Crippen molar-refractivity contribution in [1.82, 2.24) is 9.78 Å². The third-order valence-electron chi connectivity index (χ3n) is 4.02. The third kappa shape index (κ3) is 3.05. The second-order valence-electron chi connectivity index (χ2n) is 5.68. The van der Waals surface area contributed by atoms with Crippen molar-refractivity contribution in [3.63, 3.8) is 0 Å². The van der Waals surface area contributed by atoms with Crippen LogP contribution in [0.25, 0.3) is 5.69 Å². The second kappa shape index (κ2) is 6.57. The molecule has 2 heterocycles. The van der Waals surface area contributed by atoms with Crippen molar-refractivity contribution in [1.29, 1.82) is 0 Å². The number of nitrogens with one attached hydrogen (secondary N) is 1. The molecule has 0 bridgehead atoms. The summed E-state index contributed by atoms with van der Waals surface area (Å²) in [6.07, 6.45) is 0. The number of nitrogens with zero attached hydrogens (tertiary/aromatic N) is 2. The third-order valence-corrected chi connectivity index (χ3v) is 5.92. The fraction of sp³-hybridized carbons (Fsp3) is 0.111. The number of hydrogen-bond donors (Lipinski definition) is 1. The number of para-hydroxylation sites is 1. The molecule has 25 heavy (non-hydrogen) atoms. The van der Waals surface area contributed by atoms with Gasteiger partial charge < -0.3 is 5.32 Å². The largest absolute Gasteiger partial charge is 0.306 e. The van der Waals surface area contributed by atoms with Crippen LogP contribution in [0.1, 0.15) is 21.6 Å². The Hall–Kier alpha value is -2.25. The molecule has 0 fully saturated rings. The Kier molecular flexibility index (Phi) is 4.27. The maximum Gasteiger partial charge on any atom is 0.257 e. The van der Waals surface area contributed by atoms with Crippen LogP contribution >= 0.6 is 15.9 Å². The molecule has 0 radical (unpaired) electrons. The Morgan fingerprint density at radius 1 is 1.08 bits per heavy atom. The molecule has 0 saturated carbocycles. The van der Waals surface area contributed by atoms with Crippen LogP contribution in [0.5, 0.6) is 0 Å². The van der Waals surface area contributed by atoms with Gasteiger partial charge in [0.05, 0.1) is 28.5 Å². The Morgan fingerprint density at radius 2 is 1.80 bits per heavy atom. The highest BCUT2D eigenvalue weighted by atomic mass is 79.9. The molecule has 1 aromatic heterocycles. The number of carbonyl (C=O) groups is 1. The molecular formula is C18H14BrN3O2S. The smallest absolute Gasteiger partial charge is 0.257 e. The van der Waals surface area contributed by atoms with Gasteiger partial charge in [-0.2, -0.15) is 5.10 Å². The molecular weight excluding hydrogens is 402 g/mol. The highest BCUT2D eigenvalue weighted by Gasteiger charge is 2.28. The number of carbonyl (C=O) groups excluding carboxylic acids is 1. The van der Waals surface area contributed by atoms with Crippen molar-refractivity contribution in [3.05, 3.63) is 75.9 Å². The second-order valence-corrected chi connectivity index (χ2v) is 8.00. The van der Waals surface area contributed by atoms with Crippen LogP contribution in [-0.2, 0) is 22.3 Å². The van der Waals surface area contributed by atoms with Gasteiger partial charge >= 0.3 is 0 Å². The molecule has 2 aromatic carbocycles. The molecule has 1 N–H and O–H groups in total. The molecule has 1 atom stereocenters. The molecule has 1 amide bonds. The molecule has 0 spiro atoms. The topological polar surface area (TPSA) is 64.0 Å². The SMILES string of the molecule is O=C(Nc1c2c(nn1-c1ccccc1)CS(=O)C2)c1ccccc1Br. The Bertz CT molecular complexity index is 985. The van der Waals surface area contributed by atoms with Gasteiger partial charge in [0.15, 0.2) is 0 Å². The van der Waals surface area contributed by atoms with E-state index in [9.17, 15) is 9.00 Å². The van der Waals surface area contributed by atoms with E-state index in [4.69, 9.17) is 0 Å².